The summed E-state index contributed by atoms with van der Waals surface area (Å²) < 4.78 is 4.64. The monoisotopic (exact) mass is 416 g/mol. The number of imidazole rings is 1. The maximum Gasteiger partial charge on any atom is 0.332 e. The Morgan fingerprint density at radius 2 is 1.83 bits per heavy atom. The van der Waals surface area contributed by atoms with E-state index in [1.165, 1.54) is 4.57 Å². The van der Waals surface area contributed by atoms with Crippen LogP contribution < -0.4 is 11.2 Å². The third-order valence-corrected chi connectivity index (χ3v) is 5.07. The molecule has 0 bridgehead atoms. The zero-order valence-corrected chi connectivity index (χ0v) is 15.3. The molecule has 23 heavy (non-hydrogen) atoms. The van der Waals surface area contributed by atoms with Crippen LogP contribution in [0.15, 0.2) is 32.5 Å². The molecule has 2 aromatic heterocycles. The van der Waals surface area contributed by atoms with Crippen molar-refractivity contribution in [2.24, 2.45) is 14.1 Å². The Morgan fingerprint density at radius 3 is 2.48 bits per heavy atom. The van der Waals surface area contributed by atoms with Gasteiger partial charge in [-0.3, -0.25) is 13.9 Å². The van der Waals surface area contributed by atoms with Gasteiger partial charge in [-0.15, -0.1) is 0 Å². The van der Waals surface area contributed by atoms with Gasteiger partial charge in [0.2, 0.25) is 0 Å². The highest BCUT2D eigenvalue weighted by Gasteiger charge is 2.17. The van der Waals surface area contributed by atoms with Crippen LogP contribution in [0.5, 0.6) is 0 Å². The largest absolute Gasteiger partial charge is 0.332 e. The smallest absolute Gasteiger partial charge is 0.308 e. The predicted molar refractivity (Wildman–Crippen MR) is 93.5 cm³/mol. The van der Waals surface area contributed by atoms with Crippen molar-refractivity contribution in [3.63, 3.8) is 0 Å². The van der Waals surface area contributed by atoms with E-state index in [2.05, 4.69) is 20.9 Å². The van der Waals surface area contributed by atoms with Gasteiger partial charge in [-0.25, -0.2) is 9.78 Å². The van der Waals surface area contributed by atoms with Crippen molar-refractivity contribution in [1.29, 1.82) is 0 Å². The van der Waals surface area contributed by atoms with Gasteiger partial charge in [-0.05, 0) is 33.6 Å². The third kappa shape index (κ3) is 2.62. The zero-order chi connectivity index (χ0) is 16.9. The fourth-order valence-corrected chi connectivity index (χ4v) is 3.10. The quantitative estimate of drug-likeness (QED) is 0.602. The Kier molecular flexibility index (Phi) is 4.12. The standard InChI is InChI=1S/C14H11BrCl2N4O2/c1-19-11-10(18-13(19)15)12(22)21(14(23)20(11)2)6-7-3-4-8(16)9(17)5-7/h3-5H,6H2,1-2H3. The maximum absolute atomic E-state index is 12.6. The van der Waals surface area contributed by atoms with Crippen LogP contribution in [0, 0.1) is 0 Å². The van der Waals surface area contributed by atoms with Crippen LogP contribution in [0.4, 0.5) is 0 Å². The van der Waals surface area contributed by atoms with Crippen molar-refractivity contribution in [1.82, 2.24) is 18.7 Å². The molecule has 0 saturated heterocycles. The molecule has 0 aliphatic rings. The minimum atomic E-state index is -0.449. The van der Waals surface area contributed by atoms with E-state index in [9.17, 15) is 9.59 Å². The number of aryl methyl sites for hydroxylation is 2. The van der Waals surface area contributed by atoms with Crippen molar-refractivity contribution in [3.05, 3.63) is 59.4 Å². The van der Waals surface area contributed by atoms with Crippen molar-refractivity contribution >= 4 is 50.3 Å². The van der Waals surface area contributed by atoms with Crippen LogP contribution in [-0.4, -0.2) is 18.7 Å². The summed E-state index contributed by atoms with van der Waals surface area (Å²) in [6, 6.07) is 4.98. The molecule has 0 spiro atoms. The lowest BCUT2D eigenvalue weighted by Gasteiger charge is -2.09. The molecule has 9 heteroatoms. The number of benzene rings is 1. The van der Waals surface area contributed by atoms with E-state index in [1.54, 1.807) is 36.9 Å². The number of hydrogen-bond acceptors (Lipinski definition) is 3. The number of aromatic nitrogens is 4. The Morgan fingerprint density at radius 1 is 1.13 bits per heavy atom. The van der Waals surface area contributed by atoms with Crippen molar-refractivity contribution in [2.45, 2.75) is 6.54 Å². The highest BCUT2D eigenvalue weighted by atomic mass is 79.9. The molecule has 120 valence electrons. The molecule has 0 aliphatic carbocycles. The summed E-state index contributed by atoms with van der Waals surface area (Å²) >= 11 is 15.1. The van der Waals surface area contributed by atoms with Gasteiger partial charge >= 0.3 is 5.69 Å². The Balaban J connectivity index is 2.24. The van der Waals surface area contributed by atoms with Crippen LogP contribution in [0.3, 0.4) is 0 Å². The number of nitrogens with zero attached hydrogens (tertiary/aromatic N) is 4. The van der Waals surface area contributed by atoms with Crippen LogP contribution in [-0.2, 0) is 20.6 Å². The van der Waals surface area contributed by atoms with E-state index in [0.29, 0.717) is 26.0 Å². The fraction of sp³-hybridized carbons (Fsp3) is 0.214. The van der Waals surface area contributed by atoms with Crippen molar-refractivity contribution < 1.29 is 0 Å². The third-order valence-electron chi connectivity index (χ3n) is 3.62. The molecule has 0 N–H and O–H groups in total. The molecule has 0 saturated carbocycles. The second-order valence-electron chi connectivity index (χ2n) is 5.09. The van der Waals surface area contributed by atoms with Gasteiger partial charge < -0.3 is 4.57 Å². The Bertz CT molecular complexity index is 1050. The lowest BCUT2D eigenvalue weighted by atomic mass is 10.2. The minimum absolute atomic E-state index is 0.0898. The van der Waals surface area contributed by atoms with Crippen LogP contribution >= 0.6 is 39.1 Å². The van der Waals surface area contributed by atoms with Gasteiger partial charge in [-0.2, -0.15) is 0 Å². The summed E-state index contributed by atoms with van der Waals surface area (Å²) in [7, 11) is 3.32. The molecular formula is C14H11BrCl2N4O2. The van der Waals surface area contributed by atoms with E-state index < -0.39 is 11.2 Å². The molecule has 0 aliphatic heterocycles. The minimum Gasteiger partial charge on any atom is -0.308 e. The van der Waals surface area contributed by atoms with E-state index in [4.69, 9.17) is 23.2 Å². The first-order chi connectivity index (χ1) is 10.8. The van der Waals surface area contributed by atoms with E-state index in [1.807, 2.05) is 0 Å². The van der Waals surface area contributed by atoms with Crippen LogP contribution in [0.1, 0.15) is 5.56 Å². The first-order valence-corrected chi connectivity index (χ1v) is 8.12. The predicted octanol–water partition coefficient (Wildman–Crippen LogP) is 2.55. The molecular weight excluding hydrogens is 407 g/mol. The van der Waals surface area contributed by atoms with Crippen molar-refractivity contribution in [2.75, 3.05) is 0 Å². The molecule has 0 amide bonds. The highest BCUT2D eigenvalue weighted by Crippen LogP contribution is 2.22. The molecule has 3 rings (SSSR count). The molecule has 0 fully saturated rings. The number of fused-ring (bicyclic) bond motifs is 1. The van der Waals surface area contributed by atoms with Crippen LogP contribution in [0.2, 0.25) is 10.0 Å². The topological polar surface area (TPSA) is 61.8 Å². The van der Waals surface area contributed by atoms with Crippen molar-refractivity contribution in [3.8, 4) is 0 Å². The summed E-state index contributed by atoms with van der Waals surface area (Å²) in [5, 5.41) is 0.787. The first-order valence-electron chi connectivity index (χ1n) is 6.57. The van der Waals surface area contributed by atoms with E-state index >= 15 is 0 Å². The average Bonchev–Trinajstić information content (AvgIpc) is 2.81. The average molecular weight is 418 g/mol. The van der Waals surface area contributed by atoms with E-state index in [0.717, 1.165) is 4.57 Å². The summed E-state index contributed by atoms with van der Waals surface area (Å²) in [5.74, 6) is 0. The second kappa shape index (κ2) is 5.81. The summed E-state index contributed by atoms with van der Waals surface area (Å²) in [5.41, 5.74) is 0.506. The number of hydrogen-bond donors (Lipinski definition) is 0. The van der Waals surface area contributed by atoms with Gasteiger partial charge in [-0.1, -0.05) is 29.3 Å². The van der Waals surface area contributed by atoms with Gasteiger partial charge in [0.25, 0.3) is 5.56 Å². The second-order valence-corrected chi connectivity index (χ2v) is 6.62. The molecule has 6 nitrogen and oxygen atoms in total. The molecule has 1 aromatic carbocycles. The highest BCUT2D eigenvalue weighted by molar-refractivity contribution is 9.10. The van der Waals surface area contributed by atoms with Gasteiger partial charge in [0.05, 0.1) is 16.6 Å². The van der Waals surface area contributed by atoms with Gasteiger partial charge in [0.1, 0.15) is 0 Å². The molecule has 0 atom stereocenters. The Labute approximate surface area is 149 Å². The lowest BCUT2D eigenvalue weighted by Crippen LogP contribution is -2.39. The molecule has 0 unspecified atom stereocenters. The molecule has 2 heterocycles. The van der Waals surface area contributed by atoms with Gasteiger partial charge in [0, 0.05) is 14.1 Å². The van der Waals surface area contributed by atoms with Crippen LogP contribution in [0.25, 0.3) is 11.2 Å². The number of rotatable bonds is 2. The fourth-order valence-electron chi connectivity index (χ4n) is 2.44. The normalized spacial score (nSPS) is 11.3. The Hall–Kier alpha value is -1.57. The zero-order valence-electron chi connectivity index (χ0n) is 12.2. The van der Waals surface area contributed by atoms with E-state index in [-0.39, 0.29) is 12.1 Å². The summed E-state index contributed by atoms with van der Waals surface area (Å²) in [6.07, 6.45) is 0. The van der Waals surface area contributed by atoms with Gasteiger partial charge in [0.15, 0.2) is 15.9 Å². The molecule has 3 aromatic rings. The SMILES string of the molecule is Cn1c(Br)nc2c(=O)n(Cc3ccc(Cl)c(Cl)c3)c(=O)n(C)c21. The number of halogens is 3. The summed E-state index contributed by atoms with van der Waals surface area (Å²) in [4.78, 5) is 29.3. The maximum atomic E-state index is 12.6. The molecule has 0 radical (unpaired) electrons. The summed E-state index contributed by atoms with van der Waals surface area (Å²) in [6.45, 7) is 0.0898. The first kappa shape index (κ1) is 16.3. The lowest BCUT2D eigenvalue weighted by molar-refractivity contribution is 0.651.